The summed E-state index contributed by atoms with van der Waals surface area (Å²) in [5.41, 5.74) is 2.12. The maximum atomic E-state index is 14.3. The Hall–Kier alpha value is -3.42. The first kappa shape index (κ1) is 21.4. The number of ether oxygens (including phenoxy) is 1. The van der Waals surface area contributed by atoms with E-state index in [4.69, 9.17) is 17.0 Å². The highest BCUT2D eigenvalue weighted by molar-refractivity contribution is 8.27. The number of thiocarbonyl (C=S) groups is 1. The lowest BCUT2D eigenvalue weighted by Gasteiger charge is -2.14. The number of carbonyl (C=O) groups is 1. The van der Waals surface area contributed by atoms with Crippen LogP contribution in [0.15, 0.2) is 90.0 Å². The van der Waals surface area contributed by atoms with Crippen molar-refractivity contribution < 1.29 is 13.9 Å². The predicted octanol–water partition coefficient (Wildman–Crippen LogP) is 6.27. The molecule has 0 unspecified atom stereocenters. The molecule has 1 fully saturated rings. The number of fused-ring (bicyclic) bond motifs is 1. The van der Waals surface area contributed by atoms with Gasteiger partial charge in [-0.3, -0.25) is 9.69 Å². The second kappa shape index (κ2) is 9.21. The number of nitrogens with zero attached hydrogens (tertiary/aromatic N) is 2. The Balaban J connectivity index is 1.42. The molecular formula is C26H19FN2O2S2. The maximum absolute atomic E-state index is 14.3. The van der Waals surface area contributed by atoms with Crippen LogP contribution in [0.3, 0.4) is 0 Å². The molecule has 33 heavy (non-hydrogen) atoms. The molecule has 2 heterocycles. The summed E-state index contributed by atoms with van der Waals surface area (Å²) in [7, 11) is 0. The van der Waals surface area contributed by atoms with Gasteiger partial charge in [0, 0.05) is 22.7 Å². The molecule has 0 radical (unpaired) electrons. The van der Waals surface area contributed by atoms with Gasteiger partial charge in [-0.15, -0.1) is 0 Å². The van der Waals surface area contributed by atoms with Gasteiger partial charge in [0.05, 0.1) is 17.1 Å². The molecule has 1 saturated heterocycles. The third-order valence-electron chi connectivity index (χ3n) is 5.34. The lowest BCUT2D eigenvalue weighted by Crippen LogP contribution is -2.28. The average Bonchev–Trinajstić information content (AvgIpc) is 3.32. The van der Waals surface area contributed by atoms with Gasteiger partial charge in [-0.1, -0.05) is 72.5 Å². The van der Waals surface area contributed by atoms with E-state index < -0.39 is 5.82 Å². The molecule has 1 aromatic heterocycles. The van der Waals surface area contributed by atoms with Gasteiger partial charge < -0.3 is 9.30 Å². The monoisotopic (exact) mass is 474 g/mol. The molecule has 0 spiro atoms. The van der Waals surface area contributed by atoms with E-state index >= 15 is 0 Å². The minimum atomic E-state index is -0.481. The van der Waals surface area contributed by atoms with Gasteiger partial charge in [0.15, 0.2) is 4.32 Å². The number of hydrogen-bond acceptors (Lipinski definition) is 4. The molecule has 4 aromatic rings. The first-order valence-corrected chi connectivity index (χ1v) is 11.6. The van der Waals surface area contributed by atoms with Gasteiger partial charge in [-0.05, 0) is 36.4 Å². The molecular weight excluding hydrogens is 455 g/mol. The fourth-order valence-corrected chi connectivity index (χ4v) is 5.08. The minimum Gasteiger partial charge on any atom is -0.492 e. The molecule has 1 aliphatic heterocycles. The second-order valence-corrected chi connectivity index (χ2v) is 9.10. The van der Waals surface area contributed by atoms with Crippen molar-refractivity contribution in [1.82, 2.24) is 4.57 Å². The molecule has 5 rings (SSSR count). The van der Waals surface area contributed by atoms with Crippen LogP contribution in [0.2, 0.25) is 0 Å². The number of para-hydroxylation sites is 3. The number of benzene rings is 3. The highest BCUT2D eigenvalue weighted by Crippen LogP contribution is 2.38. The fourth-order valence-electron chi connectivity index (χ4n) is 3.80. The van der Waals surface area contributed by atoms with E-state index in [2.05, 4.69) is 4.57 Å². The van der Waals surface area contributed by atoms with Gasteiger partial charge in [0.2, 0.25) is 0 Å². The molecule has 1 amide bonds. The second-order valence-electron chi connectivity index (χ2n) is 7.43. The molecule has 7 heteroatoms. The van der Waals surface area contributed by atoms with Gasteiger partial charge in [0.1, 0.15) is 18.2 Å². The minimum absolute atomic E-state index is 0.170. The number of halogens is 1. The summed E-state index contributed by atoms with van der Waals surface area (Å²) in [6.45, 7) is 1.16. The van der Waals surface area contributed by atoms with Crippen molar-refractivity contribution in [3.63, 3.8) is 0 Å². The van der Waals surface area contributed by atoms with Crippen molar-refractivity contribution in [1.29, 1.82) is 0 Å². The number of thioether (sulfide) groups is 1. The van der Waals surface area contributed by atoms with E-state index in [1.165, 1.54) is 22.7 Å². The van der Waals surface area contributed by atoms with E-state index in [-0.39, 0.29) is 11.6 Å². The van der Waals surface area contributed by atoms with Crippen LogP contribution >= 0.6 is 24.0 Å². The van der Waals surface area contributed by atoms with E-state index in [0.717, 1.165) is 22.2 Å². The van der Waals surface area contributed by atoms with Crippen LogP contribution in [0.4, 0.5) is 10.1 Å². The molecule has 0 N–H and O–H groups in total. The van der Waals surface area contributed by atoms with Crippen molar-refractivity contribution in [3.8, 4) is 5.75 Å². The van der Waals surface area contributed by atoms with Crippen molar-refractivity contribution >= 4 is 56.9 Å². The quantitative estimate of drug-likeness (QED) is 0.244. The van der Waals surface area contributed by atoms with Gasteiger partial charge in [-0.2, -0.15) is 0 Å². The summed E-state index contributed by atoms with van der Waals surface area (Å²) in [4.78, 5) is 14.8. The molecule has 4 nitrogen and oxygen atoms in total. The van der Waals surface area contributed by atoms with E-state index in [1.54, 1.807) is 18.2 Å². The zero-order chi connectivity index (χ0) is 22.8. The third kappa shape index (κ3) is 4.29. The Labute approximate surface area is 200 Å². The van der Waals surface area contributed by atoms with Crippen LogP contribution in [0.1, 0.15) is 5.56 Å². The molecule has 0 aliphatic carbocycles. The molecule has 164 valence electrons. The Morgan fingerprint density at radius 3 is 2.52 bits per heavy atom. The van der Waals surface area contributed by atoms with Crippen LogP contribution in [0.25, 0.3) is 17.0 Å². The van der Waals surface area contributed by atoms with Gasteiger partial charge in [0.25, 0.3) is 5.91 Å². The number of hydrogen-bond donors (Lipinski definition) is 0. The van der Waals surface area contributed by atoms with E-state index in [9.17, 15) is 9.18 Å². The SMILES string of the molecule is O=C1/C(=C/c2cn(CCOc3ccccc3)c3ccccc23)SC(=S)N1c1ccccc1F. The predicted molar refractivity (Wildman–Crippen MR) is 136 cm³/mol. The van der Waals surface area contributed by atoms with Crippen LogP contribution < -0.4 is 9.64 Å². The van der Waals surface area contributed by atoms with Crippen molar-refractivity contribution in [2.45, 2.75) is 6.54 Å². The van der Waals surface area contributed by atoms with Crippen LogP contribution in [0, 0.1) is 5.82 Å². The van der Waals surface area contributed by atoms with Crippen molar-refractivity contribution in [2.75, 3.05) is 11.5 Å². The number of anilines is 1. The van der Waals surface area contributed by atoms with Crippen LogP contribution in [0.5, 0.6) is 5.75 Å². The van der Waals surface area contributed by atoms with Gasteiger partial charge in [-0.25, -0.2) is 4.39 Å². The lowest BCUT2D eigenvalue weighted by molar-refractivity contribution is -0.113. The zero-order valence-electron chi connectivity index (χ0n) is 17.5. The Morgan fingerprint density at radius 2 is 1.70 bits per heavy atom. The summed E-state index contributed by atoms with van der Waals surface area (Å²) in [6, 6.07) is 23.9. The van der Waals surface area contributed by atoms with E-state index in [0.29, 0.717) is 22.4 Å². The highest BCUT2D eigenvalue weighted by Gasteiger charge is 2.34. The number of carbonyl (C=O) groups excluding carboxylic acids is 1. The fraction of sp³-hybridized carbons (Fsp3) is 0.0769. The molecule has 0 bridgehead atoms. The first-order valence-electron chi connectivity index (χ1n) is 10.4. The summed E-state index contributed by atoms with van der Waals surface area (Å²) in [6.07, 6.45) is 3.84. The maximum Gasteiger partial charge on any atom is 0.270 e. The summed E-state index contributed by atoms with van der Waals surface area (Å²) < 4.78 is 22.6. The standard InChI is InChI=1S/C26H19FN2O2S2/c27-21-11-5-7-13-23(21)29-25(30)24(33-26(29)32)16-18-17-28(22-12-6-4-10-20(18)22)14-15-31-19-8-2-1-3-9-19/h1-13,16-17H,14-15H2/b24-16-. The van der Waals surface area contributed by atoms with Crippen LogP contribution in [-0.2, 0) is 11.3 Å². The highest BCUT2D eigenvalue weighted by atomic mass is 32.2. The van der Waals surface area contributed by atoms with Gasteiger partial charge >= 0.3 is 0 Å². The topological polar surface area (TPSA) is 34.5 Å². The summed E-state index contributed by atoms with van der Waals surface area (Å²) in [5.74, 6) is 0.0235. The van der Waals surface area contributed by atoms with Crippen molar-refractivity contribution in [3.05, 3.63) is 101 Å². The normalized spacial score (nSPS) is 15.1. The van der Waals surface area contributed by atoms with Crippen LogP contribution in [-0.4, -0.2) is 21.4 Å². The third-order valence-corrected chi connectivity index (χ3v) is 6.64. The Bertz CT molecular complexity index is 1380. The molecule has 0 saturated carbocycles. The smallest absolute Gasteiger partial charge is 0.270 e. The number of rotatable bonds is 6. The summed E-state index contributed by atoms with van der Waals surface area (Å²) >= 11 is 6.58. The van der Waals surface area contributed by atoms with E-state index in [1.807, 2.05) is 66.9 Å². The number of aromatic nitrogens is 1. The Kier molecular flexibility index (Phi) is 5.98. The zero-order valence-corrected chi connectivity index (χ0v) is 19.1. The molecule has 1 aliphatic rings. The molecule has 0 atom stereocenters. The molecule has 3 aromatic carbocycles. The van der Waals surface area contributed by atoms with Crippen molar-refractivity contribution in [2.24, 2.45) is 0 Å². The lowest BCUT2D eigenvalue weighted by atomic mass is 10.1. The first-order chi connectivity index (χ1) is 16.1. The largest absolute Gasteiger partial charge is 0.492 e. The Morgan fingerprint density at radius 1 is 0.970 bits per heavy atom. The number of amides is 1. The average molecular weight is 475 g/mol. The summed E-state index contributed by atoms with van der Waals surface area (Å²) in [5, 5.41) is 1.02.